The van der Waals surface area contributed by atoms with Crippen molar-refractivity contribution >= 4 is 24.1 Å². The molecule has 2 atom stereocenters. The van der Waals surface area contributed by atoms with Gasteiger partial charge in [0.05, 0.1) is 6.61 Å². The molecule has 0 aliphatic rings. The van der Waals surface area contributed by atoms with Gasteiger partial charge in [-0.2, -0.15) is 0 Å². The molecule has 10 nitrogen and oxygen atoms in total. The lowest BCUT2D eigenvalue weighted by atomic mass is 9.99. The largest absolute Gasteiger partial charge is 0.510 e. The van der Waals surface area contributed by atoms with Crippen LogP contribution in [0.5, 0.6) is 11.5 Å². The summed E-state index contributed by atoms with van der Waals surface area (Å²) in [7, 11) is 0. The van der Waals surface area contributed by atoms with Crippen molar-refractivity contribution in [1.29, 1.82) is 0 Å². The molecule has 1 rings (SSSR count). The fourth-order valence-corrected chi connectivity index (χ4v) is 2.67. The summed E-state index contributed by atoms with van der Waals surface area (Å²) in [5.74, 6) is -2.81. The number of carbonyl (C=O) groups excluding carboxylic acids is 3. The minimum absolute atomic E-state index is 0.0113. The Balaban J connectivity index is 3.35. The highest BCUT2D eigenvalue weighted by atomic mass is 16.7. The number of aliphatic carboxylic acids is 1. The highest BCUT2D eigenvalue weighted by molar-refractivity contribution is 5.80. The molecule has 0 aromatic heterocycles. The first kappa shape index (κ1) is 27.9. The van der Waals surface area contributed by atoms with Crippen LogP contribution in [-0.4, -0.2) is 47.5 Å². The Morgan fingerprint density at radius 1 is 1.03 bits per heavy atom. The van der Waals surface area contributed by atoms with Gasteiger partial charge in [0.2, 0.25) is 0 Å². The summed E-state index contributed by atoms with van der Waals surface area (Å²) < 4.78 is 20.6. The zero-order valence-corrected chi connectivity index (χ0v) is 20.1. The summed E-state index contributed by atoms with van der Waals surface area (Å²) in [5, 5.41) is 12.9. The molecule has 0 aliphatic heterocycles. The van der Waals surface area contributed by atoms with E-state index in [1.807, 2.05) is 27.7 Å². The van der Waals surface area contributed by atoms with Gasteiger partial charge < -0.3 is 24.1 Å². The van der Waals surface area contributed by atoms with Gasteiger partial charge in [-0.15, -0.1) is 0 Å². The Morgan fingerprint density at radius 3 is 2.09 bits per heavy atom. The number of ether oxygens (including phenoxy) is 4. The van der Waals surface area contributed by atoms with Crippen molar-refractivity contribution in [2.75, 3.05) is 6.61 Å². The molecule has 1 aromatic rings. The van der Waals surface area contributed by atoms with Crippen molar-refractivity contribution in [3.05, 3.63) is 23.8 Å². The minimum Gasteiger partial charge on any atom is -0.477 e. The van der Waals surface area contributed by atoms with E-state index < -0.39 is 29.8 Å². The van der Waals surface area contributed by atoms with E-state index in [0.29, 0.717) is 12.0 Å². The van der Waals surface area contributed by atoms with Crippen LogP contribution in [0.4, 0.5) is 4.79 Å². The molecule has 33 heavy (non-hydrogen) atoms. The molecule has 0 saturated heterocycles. The first-order valence-electron chi connectivity index (χ1n) is 10.5. The van der Waals surface area contributed by atoms with Crippen LogP contribution in [0.2, 0.25) is 0 Å². The maximum absolute atomic E-state index is 12.4. The number of hydrogen-bond donors (Lipinski definition) is 2. The quantitative estimate of drug-likeness (QED) is 0.299. The van der Waals surface area contributed by atoms with Crippen molar-refractivity contribution < 1.29 is 43.2 Å². The van der Waals surface area contributed by atoms with Gasteiger partial charge in [-0.1, -0.05) is 33.8 Å². The molecule has 0 amide bonds. The molecule has 10 heteroatoms. The molecular formula is C23H33NO9. The zero-order valence-electron chi connectivity index (χ0n) is 20.1. The van der Waals surface area contributed by atoms with Crippen molar-refractivity contribution in [1.82, 2.24) is 5.32 Å². The number of carbonyl (C=O) groups is 4. The first-order valence-corrected chi connectivity index (χ1v) is 10.5. The van der Waals surface area contributed by atoms with E-state index >= 15 is 0 Å². The van der Waals surface area contributed by atoms with Crippen molar-refractivity contribution in [2.24, 2.45) is 5.41 Å². The predicted octanol–water partition coefficient (Wildman–Crippen LogP) is 3.45. The third kappa shape index (κ3) is 9.48. The van der Waals surface area contributed by atoms with E-state index in [2.05, 4.69) is 5.32 Å². The molecule has 0 bridgehead atoms. The van der Waals surface area contributed by atoms with Gasteiger partial charge in [-0.3, -0.25) is 14.9 Å². The number of carboxylic acids is 1. The van der Waals surface area contributed by atoms with Gasteiger partial charge in [0.15, 0.2) is 11.5 Å². The average Bonchev–Trinajstić information content (AvgIpc) is 2.66. The predicted molar refractivity (Wildman–Crippen MR) is 118 cm³/mol. The van der Waals surface area contributed by atoms with Crippen molar-refractivity contribution in [3.63, 3.8) is 0 Å². The summed E-state index contributed by atoms with van der Waals surface area (Å²) in [6.07, 6.45) is -0.911. The second-order valence-corrected chi connectivity index (χ2v) is 8.93. The Bertz CT molecular complexity index is 875. The number of esters is 2. The van der Waals surface area contributed by atoms with Gasteiger partial charge >= 0.3 is 24.1 Å². The van der Waals surface area contributed by atoms with Crippen LogP contribution < -0.4 is 14.8 Å². The number of carboxylic acid groups (broad SMARTS) is 1. The van der Waals surface area contributed by atoms with Crippen LogP contribution in [-0.2, 0) is 30.3 Å². The second-order valence-electron chi connectivity index (χ2n) is 8.93. The summed E-state index contributed by atoms with van der Waals surface area (Å²) in [6, 6.07) is 3.86. The monoisotopic (exact) mass is 467 g/mol. The molecule has 0 spiro atoms. The van der Waals surface area contributed by atoms with E-state index in [4.69, 9.17) is 18.9 Å². The molecule has 2 N–H and O–H groups in total. The van der Waals surface area contributed by atoms with Crippen molar-refractivity contribution in [3.8, 4) is 11.5 Å². The van der Waals surface area contributed by atoms with Gasteiger partial charge in [-0.05, 0) is 36.5 Å². The lowest BCUT2D eigenvalue weighted by Gasteiger charge is -2.33. The smallest absolute Gasteiger partial charge is 0.477 e. The number of hydrogen-bond acceptors (Lipinski definition) is 9. The van der Waals surface area contributed by atoms with Crippen LogP contribution in [0.3, 0.4) is 0 Å². The van der Waals surface area contributed by atoms with Crippen LogP contribution in [0.25, 0.3) is 0 Å². The highest BCUT2D eigenvalue weighted by Crippen LogP contribution is 2.31. The third-order valence-electron chi connectivity index (χ3n) is 4.29. The molecule has 184 valence electrons. The summed E-state index contributed by atoms with van der Waals surface area (Å²) in [4.78, 5) is 47.5. The van der Waals surface area contributed by atoms with E-state index in [-0.39, 0.29) is 36.0 Å². The minimum atomic E-state index is -2.17. The Labute approximate surface area is 193 Å². The summed E-state index contributed by atoms with van der Waals surface area (Å²) in [5.41, 5.74) is -2.18. The van der Waals surface area contributed by atoms with Crippen molar-refractivity contribution in [2.45, 2.75) is 73.1 Å². The lowest BCUT2D eigenvalue weighted by molar-refractivity contribution is -0.167. The SMILES string of the molecule is CCC(C)N[C@@](Cc1ccc(OC(C)=O)c(OC(C)=O)c1)(OC(=O)OCC(C)(C)C)C(=O)O. The van der Waals surface area contributed by atoms with E-state index in [1.165, 1.54) is 32.0 Å². The Hall–Kier alpha value is -3.14. The van der Waals surface area contributed by atoms with Crippen LogP contribution in [0.1, 0.15) is 60.5 Å². The molecule has 0 aliphatic carbocycles. The van der Waals surface area contributed by atoms with E-state index in [0.717, 1.165) is 0 Å². The molecule has 0 saturated carbocycles. The second kappa shape index (κ2) is 11.6. The molecule has 1 aromatic carbocycles. The molecular weight excluding hydrogens is 434 g/mol. The van der Waals surface area contributed by atoms with Gasteiger partial charge in [-0.25, -0.2) is 9.59 Å². The Kier molecular flexibility index (Phi) is 9.84. The van der Waals surface area contributed by atoms with Crippen LogP contribution in [0, 0.1) is 5.41 Å². The molecule has 1 unspecified atom stereocenters. The van der Waals surface area contributed by atoms with E-state index in [9.17, 15) is 24.3 Å². The Morgan fingerprint density at radius 2 is 1.61 bits per heavy atom. The lowest BCUT2D eigenvalue weighted by Crippen LogP contribution is -2.59. The topological polar surface area (TPSA) is 137 Å². The number of nitrogens with one attached hydrogen (secondary N) is 1. The molecule has 0 radical (unpaired) electrons. The summed E-state index contributed by atoms with van der Waals surface area (Å²) in [6.45, 7) is 11.5. The maximum atomic E-state index is 12.4. The number of rotatable bonds is 10. The molecule has 0 heterocycles. The van der Waals surface area contributed by atoms with E-state index in [1.54, 1.807) is 6.92 Å². The molecule has 0 fully saturated rings. The van der Waals surface area contributed by atoms with Gasteiger partial charge in [0.1, 0.15) is 0 Å². The third-order valence-corrected chi connectivity index (χ3v) is 4.29. The zero-order chi connectivity index (χ0) is 25.4. The fourth-order valence-electron chi connectivity index (χ4n) is 2.67. The van der Waals surface area contributed by atoms with Crippen LogP contribution in [0.15, 0.2) is 18.2 Å². The number of benzene rings is 1. The standard InChI is InChI=1S/C23H33NO9/c1-8-14(2)24-23(20(27)28,33-21(29)30-13-22(5,6)7)12-17-9-10-18(31-15(3)25)19(11-17)32-16(4)26/h9-11,14,24H,8,12-13H2,1-7H3,(H,27,28)/t14?,23-/m0/s1. The maximum Gasteiger partial charge on any atom is 0.510 e. The fraction of sp³-hybridized carbons (Fsp3) is 0.565. The van der Waals surface area contributed by atoms with Crippen LogP contribution >= 0.6 is 0 Å². The van der Waals surface area contributed by atoms with Gasteiger partial charge in [0, 0.05) is 26.3 Å². The highest BCUT2D eigenvalue weighted by Gasteiger charge is 2.45. The first-order chi connectivity index (χ1) is 15.2. The van der Waals surface area contributed by atoms with Gasteiger partial charge in [0.25, 0.3) is 5.72 Å². The summed E-state index contributed by atoms with van der Waals surface area (Å²) >= 11 is 0. The average molecular weight is 468 g/mol. The normalized spacial score (nSPS) is 13.9.